The molecule has 104 valence electrons. The molecule has 0 amide bonds. The van der Waals surface area contributed by atoms with E-state index < -0.39 is 11.5 Å². The summed E-state index contributed by atoms with van der Waals surface area (Å²) in [7, 11) is 0. The smallest absolute Gasteiger partial charge is 0.338 e. The van der Waals surface area contributed by atoms with Crippen molar-refractivity contribution in [1.82, 2.24) is 9.78 Å². The van der Waals surface area contributed by atoms with Crippen LogP contribution in [0.25, 0.3) is 5.69 Å². The van der Waals surface area contributed by atoms with E-state index in [1.54, 1.807) is 13.0 Å². The van der Waals surface area contributed by atoms with Gasteiger partial charge in [0.25, 0.3) is 5.56 Å². The summed E-state index contributed by atoms with van der Waals surface area (Å²) in [6, 6.07) is 5.40. The van der Waals surface area contributed by atoms with Crippen LogP contribution in [0.1, 0.15) is 27.2 Å². The lowest BCUT2D eigenvalue weighted by molar-refractivity contribution is 0.0694. The highest BCUT2D eigenvalue weighted by Crippen LogP contribution is 2.19. The Morgan fingerprint density at radius 3 is 2.50 bits per heavy atom. The average molecular weight is 337 g/mol. The summed E-state index contributed by atoms with van der Waals surface area (Å²) in [5, 5.41) is 13.2. The summed E-state index contributed by atoms with van der Waals surface area (Å²) in [4.78, 5) is 23.4. The molecule has 2 aromatic rings. The number of carbonyl (C=O) groups is 1. The molecule has 0 spiro atoms. The number of halogens is 1. The van der Waals surface area contributed by atoms with Crippen molar-refractivity contribution in [1.29, 1.82) is 0 Å². The number of carboxylic acid groups (broad SMARTS) is 1. The maximum absolute atomic E-state index is 12.3. The van der Waals surface area contributed by atoms with E-state index in [0.717, 1.165) is 10.0 Å². The normalized spacial score (nSPS) is 10.6. The average Bonchev–Trinajstić information content (AvgIpc) is 2.37. The van der Waals surface area contributed by atoms with Gasteiger partial charge in [0, 0.05) is 10.0 Å². The van der Waals surface area contributed by atoms with Crippen LogP contribution in [0.3, 0.4) is 0 Å². The third-order valence-electron chi connectivity index (χ3n) is 3.10. The van der Waals surface area contributed by atoms with Crippen LogP contribution in [0.4, 0.5) is 0 Å². The van der Waals surface area contributed by atoms with Gasteiger partial charge < -0.3 is 5.11 Å². The molecule has 0 fully saturated rings. The quantitative estimate of drug-likeness (QED) is 0.914. The fourth-order valence-corrected chi connectivity index (χ4v) is 2.28. The SMILES string of the molecule is Cc1cc(-n2nc(C)c(C(=O)O)c(C)c2=O)ccc1Br. The summed E-state index contributed by atoms with van der Waals surface area (Å²) in [5.74, 6) is -1.14. The maximum Gasteiger partial charge on any atom is 0.338 e. The zero-order valence-corrected chi connectivity index (χ0v) is 12.9. The van der Waals surface area contributed by atoms with Gasteiger partial charge in [0.1, 0.15) is 0 Å². The Morgan fingerprint density at radius 2 is 1.95 bits per heavy atom. The second kappa shape index (κ2) is 5.20. The lowest BCUT2D eigenvalue weighted by Crippen LogP contribution is -2.27. The van der Waals surface area contributed by atoms with E-state index in [-0.39, 0.29) is 11.1 Å². The Bertz CT molecular complexity index is 766. The molecule has 0 atom stereocenters. The molecule has 20 heavy (non-hydrogen) atoms. The molecular formula is C14H13BrN2O3. The predicted octanol–water partition coefficient (Wildman–Crippen LogP) is 2.62. The molecule has 5 nitrogen and oxygen atoms in total. The molecule has 0 radical (unpaired) electrons. The molecule has 6 heteroatoms. The highest BCUT2D eigenvalue weighted by Gasteiger charge is 2.18. The number of aromatic carboxylic acids is 1. The topological polar surface area (TPSA) is 72.2 Å². The lowest BCUT2D eigenvalue weighted by Gasteiger charge is -2.11. The van der Waals surface area contributed by atoms with E-state index >= 15 is 0 Å². The van der Waals surface area contributed by atoms with Crippen molar-refractivity contribution in [3.05, 3.63) is 55.4 Å². The van der Waals surface area contributed by atoms with Gasteiger partial charge in [-0.05, 0) is 44.5 Å². The van der Waals surface area contributed by atoms with Crippen LogP contribution in [-0.4, -0.2) is 20.9 Å². The van der Waals surface area contributed by atoms with Gasteiger partial charge in [-0.3, -0.25) is 4.79 Å². The van der Waals surface area contributed by atoms with Gasteiger partial charge in [0.05, 0.1) is 16.9 Å². The monoisotopic (exact) mass is 336 g/mol. The number of benzene rings is 1. The van der Waals surface area contributed by atoms with Crippen molar-refractivity contribution >= 4 is 21.9 Å². The fourth-order valence-electron chi connectivity index (χ4n) is 2.03. The summed E-state index contributed by atoms with van der Waals surface area (Å²) in [6.07, 6.45) is 0. The molecule has 0 bridgehead atoms. The molecule has 2 rings (SSSR count). The largest absolute Gasteiger partial charge is 0.478 e. The van der Waals surface area contributed by atoms with Crippen molar-refractivity contribution in [3.8, 4) is 5.69 Å². The third-order valence-corrected chi connectivity index (χ3v) is 3.99. The number of hydrogen-bond donors (Lipinski definition) is 1. The highest BCUT2D eigenvalue weighted by atomic mass is 79.9. The van der Waals surface area contributed by atoms with E-state index in [4.69, 9.17) is 5.11 Å². The molecule has 0 aliphatic heterocycles. The molecule has 1 aromatic heterocycles. The van der Waals surface area contributed by atoms with Gasteiger partial charge in [0.15, 0.2) is 0 Å². The molecule has 1 aromatic carbocycles. The zero-order valence-electron chi connectivity index (χ0n) is 11.3. The first-order valence-electron chi connectivity index (χ1n) is 5.93. The Balaban J connectivity index is 2.73. The van der Waals surface area contributed by atoms with Gasteiger partial charge in [-0.25, -0.2) is 4.79 Å². The first-order chi connectivity index (χ1) is 9.32. The van der Waals surface area contributed by atoms with Crippen LogP contribution < -0.4 is 5.56 Å². The summed E-state index contributed by atoms with van der Waals surface area (Å²) >= 11 is 3.39. The lowest BCUT2D eigenvalue weighted by atomic mass is 10.1. The summed E-state index contributed by atoms with van der Waals surface area (Å²) in [6.45, 7) is 4.99. The minimum absolute atomic E-state index is 0.0277. The standard InChI is InChI=1S/C14H13BrN2O3/c1-7-6-10(4-5-11(7)15)17-13(18)8(2)12(14(19)20)9(3)16-17/h4-6H,1-3H3,(H,19,20). The van der Waals surface area contributed by atoms with Crippen molar-refractivity contribution in [2.75, 3.05) is 0 Å². The second-order valence-electron chi connectivity index (χ2n) is 4.54. The number of rotatable bonds is 2. The van der Waals surface area contributed by atoms with Crippen molar-refractivity contribution in [3.63, 3.8) is 0 Å². The van der Waals surface area contributed by atoms with Crippen LogP contribution in [0.15, 0.2) is 27.5 Å². The van der Waals surface area contributed by atoms with E-state index in [9.17, 15) is 9.59 Å². The highest BCUT2D eigenvalue weighted by molar-refractivity contribution is 9.10. The Kier molecular flexibility index (Phi) is 3.76. The summed E-state index contributed by atoms with van der Waals surface area (Å²) in [5.41, 5.74) is 1.63. The van der Waals surface area contributed by atoms with Gasteiger partial charge in [-0.15, -0.1) is 0 Å². The molecule has 1 N–H and O–H groups in total. The minimum atomic E-state index is -1.14. The number of aromatic nitrogens is 2. The number of aryl methyl sites for hydroxylation is 2. The Morgan fingerprint density at radius 1 is 1.30 bits per heavy atom. The maximum atomic E-state index is 12.3. The van der Waals surface area contributed by atoms with E-state index in [0.29, 0.717) is 11.4 Å². The van der Waals surface area contributed by atoms with E-state index in [1.807, 2.05) is 19.1 Å². The van der Waals surface area contributed by atoms with Gasteiger partial charge in [-0.2, -0.15) is 9.78 Å². The molecule has 0 unspecified atom stereocenters. The van der Waals surface area contributed by atoms with Gasteiger partial charge in [-0.1, -0.05) is 15.9 Å². The summed E-state index contributed by atoms with van der Waals surface area (Å²) < 4.78 is 2.17. The number of nitrogens with zero attached hydrogens (tertiary/aromatic N) is 2. The molecule has 0 saturated heterocycles. The van der Waals surface area contributed by atoms with Crippen molar-refractivity contribution in [2.24, 2.45) is 0 Å². The predicted molar refractivity (Wildman–Crippen MR) is 78.7 cm³/mol. The molecule has 0 aliphatic rings. The number of carboxylic acids is 1. The Labute approximate surface area is 124 Å². The van der Waals surface area contributed by atoms with E-state index in [2.05, 4.69) is 21.0 Å². The first kappa shape index (κ1) is 14.5. The van der Waals surface area contributed by atoms with Crippen molar-refractivity contribution in [2.45, 2.75) is 20.8 Å². The van der Waals surface area contributed by atoms with Crippen LogP contribution in [0.5, 0.6) is 0 Å². The van der Waals surface area contributed by atoms with Crippen molar-refractivity contribution < 1.29 is 9.90 Å². The van der Waals surface area contributed by atoms with Crippen LogP contribution in [0.2, 0.25) is 0 Å². The third kappa shape index (κ3) is 2.38. The van der Waals surface area contributed by atoms with Gasteiger partial charge >= 0.3 is 5.97 Å². The molecule has 0 aliphatic carbocycles. The molecular weight excluding hydrogens is 324 g/mol. The van der Waals surface area contributed by atoms with Crippen LogP contribution >= 0.6 is 15.9 Å². The minimum Gasteiger partial charge on any atom is -0.478 e. The van der Waals surface area contributed by atoms with Crippen LogP contribution in [0, 0.1) is 20.8 Å². The number of hydrogen-bond acceptors (Lipinski definition) is 3. The fraction of sp³-hybridized carbons (Fsp3) is 0.214. The Hall–Kier alpha value is -1.95. The molecule has 1 heterocycles. The zero-order chi connectivity index (χ0) is 15.0. The first-order valence-corrected chi connectivity index (χ1v) is 6.72. The second-order valence-corrected chi connectivity index (χ2v) is 5.40. The molecule has 0 saturated carbocycles. The van der Waals surface area contributed by atoms with E-state index in [1.165, 1.54) is 11.6 Å². The van der Waals surface area contributed by atoms with Gasteiger partial charge in [0.2, 0.25) is 0 Å². The van der Waals surface area contributed by atoms with Crippen LogP contribution in [-0.2, 0) is 0 Å².